The lowest BCUT2D eigenvalue weighted by molar-refractivity contribution is 0.0687. The molecule has 0 heterocycles. The second kappa shape index (κ2) is 11.4. The van der Waals surface area contributed by atoms with Crippen LogP contribution in [-0.2, 0) is 10.8 Å². The normalized spacial score (nSPS) is 11.7. The van der Waals surface area contributed by atoms with Crippen LogP contribution in [-0.4, -0.2) is 22.2 Å². The van der Waals surface area contributed by atoms with Crippen molar-refractivity contribution in [3.05, 3.63) is 143 Å². The van der Waals surface area contributed by atoms with E-state index >= 15 is 0 Å². The highest BCUT2D eigenvalue weighted by Crippen LogP contribution is 2.38. The van der Waals surface area contributed by atoms with Gasteiger partial charge in [0.05, 0.1) is 11.1 Å². The lowest BCUT2D eigenvalue weighted by atomic mass is 9.74. The molecular formula is C38H36N2O4. The molecule has 222 valence electrons. The van der Waals surface area contributed by atoms with Gasteiger partial charge in [-0.3, -0.25) is 0 Å². The highest BCUT2D eigenvalue weighted by Gasteiger charge is 2.27. The Morgan fingerprint density at radius 2 is 0.750 bits per heavy atom. The molecule has 0 bridgehead atoms. The number of nitrogens with two attached hydrogens (primary N) is 2. The predicted molar refractivity (Wildman–Crippen MR) is 177 cm³/mol. The van der Waals surface area contributed by atoms with Crippen LogP contribution in [0.4, 0.5) is 11.4 Å². The summed E-state index contributed by atoms with van der Waals surface area (Å²) in [5, 5.41) is 19.3. The molecule has 0 amide bonds. The van der Waals surface area contributed by atoms with E-state index in [9.17, 15) is 19.8 Å². The molecule has 44 heavy (non-hydrogen) atoms. The maximum absolute atomic E-state index is 11.8. The summed E-state index contributed by atoms with van der Waals surface area (Å²) in [4.78, 5) is 23.6. The zero-order valence-electron chi connectivity index (χ0n) is 25.3. The summed E-state index contributed by atoms with van der Waals surface area (Å²) in [5.74, 6) is -2.02. The highest BCUT2D eigenvalue weighted by atomic mass is 16.4. The molecule has 5 aromatic carbocycles. The second-order valence-electron chi connectivity index (χ2n) is 12.1. The minimum absolute atomic E-state index is 0.180. The quantitative estimate of drug-likeness (QED) is 0.136. The first-order chi connectivity index (χ1) is 20.8. The number of rotatable bonds is 8. The van der Waals surface area contributed by atoms with E-state index in [2.05, 4.69) is 52.0 Å². The number of carboxylic acid groups (broad SMARTS) is 2. The number of hydrogen-bond acceptors (Lipinski definition) is 4. The first-order valence-electron chi connectivity index (χ1n) is 14.4. The van der Waals surface area contributed by atoms with E-state index in [4.69, 9.17) is 11.5 Å². The van der Waals surface area contributed by atoms with Gasteiger partial charge in [-0.2, -0.15) is 0 Å². The van der Waals surface area contributed by atoms with Crippen LogP contribution >= 0.6 is 0 Å². The summed E-state index contributed by atoms with van der Waals surface area (Å²) in [5.41, 5.74) is 20.0. The minimum Gasteiger partial charge on any atom is -0.478 e. The van der Waals surface area contributed by atoms with E-state index in [1.165, 1.54) is 0 Å². The zero-order valence-corrected chi connectivity index (χ0v) is 25.3. The fourth-order valence-corrected chi connectivity index (χ4v) is 5.89. The van der Waals surface area contributed by atoms with E-state index in [0.29, 0.717) is 22.5 Å². The van der Waals surface area contributed by atoms with Crippen molar-refractivity contribution in [1.82, 2.24) is 0 Å². The topological polar surface area (TPSA) is 127 Å². The SMILES string of the molecule is CC(C)(c1ccc(-c2c(N)cccc2C(=O)O)cc1)c1ccc(C(C)(C)c2ccc(-c3c(N)cccc3C(=O)O)cc2)cc1. The Morgan fingerprint density at radius 1 is 0.477 bits per heavy atom. The Morgan fingerprint density at radius 3 is 1.02 bits per heavy atom. The van der Waals surface area contributed by atoms with Crippen LogP contribution in [0.2, 0.25) is 0 Å². The number of nitrogen functional groups attached to an aromatic ring is 2. The van der Waals surface area contributed by atoms with Crippen LogP contribution in [0.25, 0.3) is 22.3 Å². The third-order valence-electron chi connectivity index (χ3n) is 8.77. The average molecular weight is 585 g/mol. The molecule has 5 rings (SSSR count). The summed E-state index contributed by atoms with van der Waals surface area (Å²) in [6.07, 6.45) is 0. The van der Waals surface area contributed by atoms with Crippen molar-refractivity contribution in [1.29, 1.82) is 0 Å². The number of carbonyl (C=O) groups is 2. The van der Waals surface area contributed by atoms with E-state index in [0.717, 1.165) is 33.4 Å². The molecule has 6 heteroatoms. The molecule has 0 aliphatic rings. The average Bonchev–Trinajstić information content (AvgIpc) is 3.01. The largest absolute Gasteiger partial charge is 0.478 e. The Bertz CT molecular complexity index is 1720. The molecule has 0 fully saturated rings. The van der Waals surface area contributed by atoms with Gasteiger partial charge in [0.15, 0.2) is 0 Å². The molecule has 0 saturated heterocycles. The minimum atomic E-state index is -1.01. The molecular weight excluding hydrogens is 548 g/mol. The first-order valence-corrected chi connectivity index (χ1v) is 14.4. The van der Waals surface area contributed by atoms with Crippen molar-refractivity contribution < 1.29 is 19.8 Å². The van der Waals surface area contributed by atoms with E-state index in [1.807, 2.05) is 48.5 Å². The number of hydrogen-bond donors (Lipinski definition) is 4. The van der Waals surface area contributed by atoms with Gasteiger partial charge in [0.1, 0.15) is 0 Å². The van der Waals surface area contributed by atoms with Crippen molar-refractivity contribution in [3.63, 3.8) is 0 Å². The lowest BCUT2D eigenvalue weighted by Gasteiger charge is -2.30. The molecule has 0 aromatic heterocycles. The Hall–Kier alpha value is -5.36. The molecule has 6 nitrogen and oxygen atoms in total. The fraction of sp³-hybridized carbons (Fsp3) is 0.158. The van der Waals surface area contributed by atoms with Crippen molar-refractivity contribution >= 4 is 23.3 Å². The van der Waals surface area contributed by atoms with E-state index in [-0.39, 0.29) is 22.0 Å². The highest BCUT2D eigenvalue weighted by molar-refractivity contribution is 6.00. The van der Waals surface area contributed by atoms with Crippen LogP contribution in [0.1, 0.15) is 70.7 Å². The number of benzene rings is 5. The number of aromatic carboxylic acids is 2. The van der Waals surface area contributed by atoms with Gasteiger partial charge in [-0.25, -0.2) is 9.59 Å². The Balaban J connectivity index is 1.40. The smallest absolute Gasteiger partial charge is 0.336 e. The molecule has 0 unspecified atom stereocenters. The van der Waals surface area contributed by atoms with Gasteiger partial charge >= 0.3 is 11.9 Å². The monoisotopic (exact) mass is 584 g/mol. The van der Waals surface area contributed by atoms with Gasteiger partial charge in [0.25, 0.3) is 0 Å². The lowest BCUT2D eigenvalue weighted by Crippen LogP contribution is -2.21. The summed E-state index contributed by atoms with van der Waals surface area (Å²) < 4.78 is 0. The maximum Gasteiger partial charge on any atom is 0.336 e. The number of carboxylic acids is 2. The molecule has 5 aromatic rings. The molecule has 0 atom stereocenters. The second-order valence-corrected chi connectivity index (χ2v) is 12.1. The first kappa shape index (κ1) is 30.1. The molecule has 6 N–H and O–H groups in total. The maximum atomic E-state index is 11.8. The fourth-order valence-electron chi connectivity index (χ4n) is 5.89. The van der Waals surface area contributed by atoms with Gasteiger partial charge in [0, 0.05) is 33.3 Å². The number of anilines is 2. The van der Waals surface area contributed by atoms with Crippen LogP contribution in [0, 0.1) is 0 Å². The van der Waals surface area contributed by atoms with Crippen molar-refractivity contribution in [2.24, 2.45) is 0 Å². The van der Waals surface area contributed by atoms with Crippen molar-refractivity contribution in [2.45, 2.75) is 38.5 Å². The molecule has 0 saturated carbocycles. The molecule has 0 aliphatic carbocycles. The van der Waals surface area contributed by atoms with Crippen LogP contribution in [0.3, 0.4) is 0 Å². The summed E-state index contributed by atoms with van der Waals surface area (Å²) in [7, 11) is 0. The molecule has 0 radical (unpaired) electrons. The summed E-state index contributed by atoms with van der Waals surface area (Å²) in [6.45, 7) is 8.67. The van der Waals surface area contributed by atoms with Crippen LogP contribution in [0.5, 0.6) is 0 Å². The summed E-state index contributed by atoms with van der Waals surface area (Å²) >= 11 is 0. The third kappa shape index (κ3) is 5.42. The summed E-state index contributed by atoms with van der Waals surface area (Å²) in [6, 6.07) is 34.3. The molecule has 0 aliphatic heterocycles. The standard InChI is InChI=1S/C38H36N2O4/c1-37(2,25-15-11-23(12-16-25)33-29(35(41)42)7-5-9-31(33)39)27-19-21-28(22-20-27)38(3,4)26-17-13-24(14-18-26)34-30(36(43)44)8-6-10-32(34)40/h5-22H,39-40H2,1-4H3,(H,41,42)(H,43,44). The Kier molecular flexibility index (Phi) is 7.79. The van der Waals surface area contributed by atoms with Crippen molar-refractivity contribution in [2.75, 3.05) is 11.5 Å². The van der Waals surface area contributed by atoms with Gasteiger partial charge in [0.2, 0.25) is 0 Å². The van der Waals surface area contributed by atoms with Crippen LogP contribution < -0.4 is 11.5 Å². The Labute approximate surface area is 257 Å². The van der Waals surface area contributed by atoms with Crippen LogP contribution in [0.15, 0.2) is 109 Å². The zero-order chi connectivity index (χ0) is 31.8. The van der Waals surface area contributed by atoms with Crippen molar-refractivity contribution in [3.8, 4) is 22.3 Å². The van der Waals surface area contributed by atoms with Gasteiger partial charge in [-0.15, -0.1) is 0 Å². The van der Waals surface area contributed by atoms with E-state index < -0.39 is 11.9 Å². The molecule has 0 spiro atoms. The van der Waals surface area contributed by atoms with Gasteiger partial charge in [-0.1, -0.05) is 113 Å². The van der Waals surface area contributed by atoms with E-state index in [1.54, 1.807) is 36.4 Å². The van der Waals surface area contributed by atoms with Gasteiger partial charge < -0.3 is 21.7 Å². The third-order valence-corrected chi connectivity index (χ3v) is 8.77. The van der Waals surface area contributed by atoms with Gasteiger partial charge in [-0.05, 0) is 57.6 Å². The predicted octanol–water partition coefficient (Wildman–Crippen LogP) is 8.23.